The summed E-state index contributed by atoms with van der Waals surface area (Å²) in [7, 11) is 0. The summed E-state index contributed by atoms with van der Waals surface area (Å²) in [4.78, 5) is 27.2. The Hall–Kier alpha value is -3.60. The molecular weight excluding hydrogens is 467 g/mol. The number of hydrogen-bond donors (Lipinski definition) is 2. The number of fused-ring (bicyclic) bond motifs is 2. The maximum absolute atomic E-state index is 15.1. The molecular formula is C22H22ClFN6O4. The first-order chi connectivity index (χ1) is 16.2. The van der Waals surface area contributed by atoms with Crippen LogP contribution >= 0.6 is 11.6 Å². The topological polar surface area (TPSA) is 129 Å². The van der Waals surface area contributed by atoms with E-state index < -0.39 is 17.5 Å². The van der Waals surface area contributed by atoms with Gasteiger partial charge in [-0.15, -0.1) is 0 Å². The maximum Gasteiger partial charge on any atom is 0.412 e. The third-order valence-electron chi connectivity index (χ3n) is 6.42. The standard InChI is InChI=1S/C22H22ClFN6O4/c1-11-14(12(2)34-28-11)9-30-19(25)13(8-26-30)20(31)29-7-3-6-22(10-29)17-16(27-21(32)33-22)5-4-15(23)18(17)24/h4-5,8H,3,6-7,9-10,25H2,1-2H3,(H,27,32)/t22-/m0/s1. The van der Waals surface area contributed by atoms with Crippen LogP contribution in [0, 0.1) is 19.7 Å². The normalized spacial score (nSPS) is 19.6. The molecule has 34 heavy (non-hydrogen) atoms. The van der Waals surface area contributed by atoms with Gasteiger partial charge in [-0.3, -0.25) is 10.1 Å². The lowest BCUT2D eigenvalue weighted by Gasteiger charge is -2.45. The highest BCUT2D eigenvalue weighted by Gasteiger charge is 2.48. The molecule has 0 aliphatic carbocycles. The number of rotatable bonds is 3. The van der Waals surface area contributed by atoms with E-state index in [-0.39, 0.29) is 40.1 Å². The molecule has 3 N–H and O–H groups in total. The molecule has 2 aliphatic rings. The van der Waals surface area contributed by atoms with Crippen LogP contribution in [0.2, 0.25) is 5.02 Å². The Kier molecular flexibility index (Phi) is 5.23. The third kappa shape index (κ3) is 3.47. The molecule has 3 aromatic rings. The number of carbonyl (C=O) groups excluding carboxylic acids is 2. The number of ether oxygens (including phenoxy) is 1. The van der Waals surface area contributed by atoms with E-state index in [0.29, 0.717) is 37.4 Å². The summed E-state index contributed by atoms with van der Waals surface area (Å²) in [5.41, 5.74) is 7.07. The fourth-order valence-electron chi connectivity index (χ4n) is 4.68. The number of likely N-dealkylation sites (tertiary alicyclic amines) is 1. The molecule has 0 radical (unpaired) electrons. The number of benzene rings is 1. The minimum absolute atomic E-state index is 0.0436. The van der Waals surface area contributed by atoms with E-state index in [1.807, 2.05) is 6.92 Å². The van der Waals surface area contributed by atoms with Crippen molar-refractivity contribution in [1.82, 2.24) is 19.8 Å². The van der Waals surface area contributed by atoms with E-state index in [1.165, 1.54) is 27.9 Å². The molecule has 2 amide bonds. The van der Waals surface area contributed by atoms with Crippen molar-refractivity contribution in [2.75, 3.05) is 24.1 Å². The zero-order chi connectivity index (χ0) is 24.2. The van der Waals surface area contributed by atoms with Crippen LogP contribution in [0.25, 0.3) is 0 Å². The predicted molar refractivity (Wildman–Crippen MR) is 120 cm³/mol. The van der Waals surface area contributed by atoms with Gasteiger partial charge in [0, 0.05) is 12.1 Å². The number of halogens is 2. The van der Waals surface area contributed by atoms with Gasteiger partial charge in [0.25, 0.3) is 5.91 Å². The Balaban J connectivity index is 1.45. The molecule has 0 saturated carbocycles. The second kappa shape index (κ2) is 8.01. The summed E-state index contributed by atoms with van der Waals surface area (Å²) >= 11 is 6.02. The van der Waals surface area contributed by atoms with Crippen molar-refractivity contribution >= 4 is 35.1 Å². The molecule has 1 atom stereocenters. The van der Waals surface area contributed by atoms with Crippen molar-refractivity contribution in [1.29, 1.82) is 0 Å². The zero-order valence-corrected chi connectivity index (χ0v) is 19.3. The van der Waals surface area contributed by atoms with Gasteiger partial charge in [-0.2, -0.15) is 5.10 Å². The van der Waals surface area contributed by atoms with Gasteiger partial charge in [0.15, 0.2) is 11.4 Å². The van der Waals surface area contributed by atoms with Gasteiger partial charge in [-0.1, -0.05) is 16.8 Å². The summed E-state index contributed by atoms with van der Waals surface area (Å²) < 4.78 is 27.4. The average Bonchev–Trinajstić information content (AvgIpc) is 3.32. The van der Waals surface area contributed by atoms with Crippen LogP contribution in [0.1, 0.15) is 45.8 Å². The lowest BCUT2D eigenvalue weighted by Crippen LogP contribution is -2.53. The lowest BCUT2D eigenvalue weighted by molar-refractivity contribution is -0.0418. The first-order valence-corrected chi connectivity index (χ1v) is 11.1. The summed E-state index contributed by atoms with van der Waals surface area (Å²) in [5, 5.41) is 10.6. The third-order valence-corrected chi connectivity index (χ3v) is 6.71. The van der Waals surface area contributed by atoms with E-state index in [1.54, 1.807) is 6.92 Å². The van der Waals surface area contributed by atoms with Crippen LogP contribution in [0.5, 0.6) is 0 Å². The monoisotopic (exact) mass is 488 g/mol. The van der Waals surface area contributed by atoms with E-state index in [0.717, 1.165) is 5.56 Å². The van der Waals surface area contributed by atoms with Gasteiger partial charge in [-0.25, -0.2) is 13.9 Å². The number of aromatic nitrogens is 3. The molecule has 0 unspecified atom stereocenters. The van der Waals surface area contributed by atoms with Crippen molar-refractivity contribution in [3.8, 4) is 0 Å². The van der Waals surface area contributed by atoms with Crippen LogP contribution in [0.4, 0.5) is 20.7 Å². The summed E-state index contributed by atoms with van der Waals surface area (Å²) in [5.74, 6) is -0.243. The van der Waals surface area contributed by atoms with Crippen LogP contribution in [0.3, 0.4) is 0 Å². The van der Waals surface area contributed by atoms with Crippen molar-refractivity contribution in [3.63, 3.8) is 0 Å². The molecule has 10 nitrogen and oxygen atoms in total. The number of piperidine rings is 1. The number of amides is 2. The number of anilines is 2. The largest absolute Gasteiger partial charge is 0.436 e. The smallest absolute Gasteiger partial charge is 0.412 e. The Morgan fingerprint density at radius 2 is 2.18 bits per heavy atom. The maximum atomic E-state index is 15.1. The van der Waals surface area contributed by atoms with Crippen molar-refractivity contribution in [2.45, 2.75) is 38.8 Å². The average molecular weight is 489 g/mol. The molecule has 2 aromatic heterocycles. The number of nitrogens with one attached hydrogen (secondary N) is 1. The number of hydrogen-bond acceptors (Lipinski definition) is 7. The second-order valence-corrected chi connectivity index (χ2v) is 8.93. The fourth-order valence-corrected chi connectivity index (χ4v) is 4.84. The van der Waals surface area contributed by atoms with E-state index in [2.05, 4.69) is 15.6 Å². The highest BCUT2D eigenvalue weighted by molar-refractivity contribution is 6.31. The molecule has 2 aliphatic heterocycles. The van der Waals surface area contributed by atoms with E-state index >= 15 is 4.39 Å². The predicted octanol–water partition coefficient (Wildman–Crippen LogP) is 3.60. The molecule has 5 rings (SSSR count). The van der Waals surface area contributed by atoms with Crippen LogP contribution in [-0.4, -0.2) is 44.9 Å². The Bertz CT molecular complexity index is 1300. The quantitative estimate of drug-likeness (QED) is 0.576. The number of nitrogens with zero attached hydrogens (tertiary/aromatic N) is 4. The summed E-state index contributed by atoms with van der Waals surface area (Å²) in [6, 6.07) is 2.90. The number of nitrogen functional groups attached to an aromatic ring is 1. The zero-order valence-electron chi connectivity index (χ0n) is 18.5. The first-order valence-electron chi connectivity index (χ1n) is 10.7. The van der Waals surface area contributed by atoms with Crippen molar-refractivity contribution in [2.24, 2.45) is 0 Å². The van der Waals surface area contributed by atoms with Gasteiger partial charge < -0.3 is 19.9 Å². The summed E-state index contributed by atoms with van der Waals surface area (Å²) in [6.45, 7) is 4.24. The molecule has 1 spiro atoms. The number of aryl methyl sites for hydroxylation is 2. The molecule has 0 bridgehead atoms. The Morgan fingerprint density at radius 3 is 2.91 bits per heavy atom. The molecule has 1 fully saturated rings. The molecule has 178 valence electrons. The number of nitrogens with two attached hydrogens (primary N) is 1. The lowest BCUT2D eigenvalue weighted by atomic mass is 9.83. The van der Waals surface area contributed by atoms with Gasteiger partial charge in [-0.05, 0) is 38.8 Å². The van der Waals surface area contributed by atoms with E-state index in [9.17, 15) is 9.59 Å². The SMILES string of the molecule is Cc1noc(C)c1Cn1ncc(C(=O)N2CCC[C@@]3(C2)OC(=O)Nc2ccc(Cl)c(F)c23)c1N. The van der Waals surface area contributed by atoms with Crippen LogP contribution in [-0.2, 0) is 16.9 Å². The van der Waals surface area contributed by atoms with Gasteiger partial charge in [0.1, 0.15) is 17.1 Å². The minimum atomic E-state index is -1.36. The van der Waals surface area contributed by atoms with Gasteiger partial charge in [0.2, 0.25) is 0 Å². The molecule has 1 aromatic carbocycles. The minimum Gasteiger partial charge on any atom is -0.436 e. The number of carbonyl (C=O) groups is 2. The van der Waals surface area contributed by atoms with Crippen molar-refractivity contribution in [3.05, 3.63) is 57.3 Å². The fraction of sp³-hybridized carbons (Fsp3) is 0.364. The molecule has 4 heterocycles. The van der Waals surface area contributed by atoms with Gasteiger partial charge in [0.05, 0.1) is 41.3 Å². The first kappa shape index (κ1) is 22.2. The van der Waals surface area contributed by atoms with E-state index in [4.69, 9.17) is 26.6 Å². The second-order valence-electron chi connectivity index (χ2n) is 8.53. The highest BCUT2D eigenvalue weighted by Crippen LogP contribution is 2.45. The Morgan fingerprint density at radius 1 is 1.38 bits per heavy atom. The van der Waals surface area contributed by atoms with Crippen molar-refractivity contribution < 1.29 is 23.2 Å². The van der Waals surface area contributed by atoms with Crippen LogP contribution < -0.4 is 11.1 Å². The summed E-state index contributed by atoms with van der Waals surface area (Å²) in [6.07, 6.45) is 1.51. The van der Waals surface area contributed by atoms with Crippen LogP contribution in [0.15, 0.2) is 22.9 Å². The molecule has 12 heteroatoms. The molecule has 1 saturated heterocycles. The Labute approximate surface area is 198 Å². The van der Waals surface area contributed by atoms with Gasteiger partial charge >= 0.3 is 6.09 Å². The highest BCUT2D eigenvalue weighted by atomic mass is 35.5.